The van der Waals surface area contributed by atoms with E-state index in [1.165, 1.54) is 0 Å². The van der Waals surface area contributed by atoms with E-state index in [9.17, 15) is 17.5 Å². The predicted octanol–water partition coefficient (Wildman–Crippen LogP) is 4.43. The lowest BCUT2D eigenvalue weighted by atomic mass is 10.4. The standard InChI is InChI=1S/C28H28O4P2S/c29-33(25-13-5-1-6-14-25,26-15-7-2-8-16-26)21-23-35(31,32)24-22-34(30,27-17-9-3-10-18-27)28-19-11-4-12-20-28/h1-20H,21-24H2. The molecule has 0 atom stereocenters. The molecule has 0 heterocycles. The van der Waals surface area contributed by atoms with E-state index in [0.717, 1.165) is 0 Å². The number of benzene rings is 4. The smallest absolute Gasteiger partial charge is 0.151 e. The highest BCUT2D eigenvalue weighted by atomic mass is 32.2. The van der Waals surface area contributed by atoms with Gasteiger partial charge < -0.3 is 9.13 Å². The van der Waals surface area contributed by atoms with Crippen LogP contribution in [-0.2, 0) is 19.0 Å². The monoisotopic (exact) mass is 522 g/mol. The molecule has 0 aliphatic rings. The van der Waals surface area contributed by atoms with Gasteiger partial charge in [-0.25, -0.2) is 8.42 Å². The maximum absolute atomic E-state index is 14.2. The Labute approximate surface area is 207 Å². The molecule has 0 unspecified atom stereocenters. The number of sulfone groups is 1. The van der Waals surface area contributed by atoms with Gasteiger partial charge in [0.2, 0.25) is 0 Å². The molecule has 0 amide bonds. The topological polar surface area (TPSA) is 68.3 Å². The van der Waals surface area contributed by atoms with Crippen LogP contribution in [0.3, 0.4) is 0 Å². The van der Waals surface area contributed by atoms with Gasteiger partial charge in [-0.15, -0.1) is 0 Å². The Kier molecular flexibility index (Phi) is 7.91. The Hall–Kier alpha value is -2.71. The highest BCUT2D eigenvalue weighted by Crippen LogP contribution is 2.45. The normalized spacial score (nSPS) is 12.3. The van der Waals surface area contributed by atoms with Gasteiger partial charge in [0.25, 0.3) is 0 Å². The third-order valence-electron chi connectivity index (χ3n) is 6.13. The van der Waals surface area contributed by atoms with Crippen molar-refractivity contribution in [2.75, 3.05) is 23.8 Å². The zero-order chi connectivity index (χ0) is 24.8. The maximum atomic E-state index is 14.2. The summed E-state index contributed by atoms with van der Waals surface area (Å²) in [4.78, 5) is 0. The summed E-state index contributed by atoms with van der Waals surface area (Å²) in [6, 6.07) is 36.2. The summed E-state index contributed by atoms with van der Waals surface area (Å²) in [6.07, 6.45) is 0.00860. The fourth-order valence-electron chi connectivity index (χ4n) is 4.13. The van der Waals surface area contributed by atoms with Crippen LogP contribution in [0.2, 0.25) is 0 Å². The van der Waals surface area contributed by atoms with Crippen LogP contribution in [0.15, 0.2) is 121 Å². The van der Waals surface area contributed by atoms with E-state index >= 15 is 0 Å². The highest BCUT2D eigenvalue weighted by molar-refractivity contribution is 7.93. The molecular formula is C28H28O4P2S. The van der Waals surface area contributed by atoms with Gasteiger partial charge >= 0.3 is 0 Å². The Bertz CT molecular complexity index is 1250. The van der Waals surface area contributed by atoms with Gasteiger partial charge in [0, 0.05) is 33.5 Å². The highest BCUT2D eigenvalue weighted by Gasteiger charge is 2.32. The molecule has 4 aromatic rings. The van der Waals surface area contributed by atoms with E-state index in [4.69, 9.17) is 0 Å². The molecule has 0 saturated heterocycles. The molecule has 180 valence electrons. The van der Waals surface area contributed by atoms with Gasteiger partial charge in [0.05, 0.1) is 11.5 Å². The lowest BCUT2D eigenvalue weighted by molar-refractivity contribution is 0.582. The van der Waals surface area contributed by atoms with Gasteiger partial charge in [-0.1, -0.05) is 121 Å². The summed E-state index contributed by atoms with van der Waals surface area (Å²) in [7, 11) is -9.92. The van der Waals surface area contributed by atoms with Crippen molar-refractivity contribution < 1.29 is 17.5 Å². The summed E-state index contributed by atoms with van der Waals surface area (Å²) in [6.45, 7) is 0. The average molecular weight is 523 g/mol. The van der Waals surface area contributed by atoms with Crippen molar-refractivity contribution in [3.05, 3.63) is 121 Å². The molecule has 7 heteroatoms. The third kappa shape index (κ3) is 5.93. The van der Waals surface area contributed by atoms with Crippen molar-refractivity contribution in [3.8, 4) is 0 Å². The molecule has 0 radical (unpaired) electrons. The number of rotatable bonds is 10. The summed E-state index contributed by atoms with van der Waals surface area (Å²) >= 11 is 0. The van der Waals surface area contributed by atoms with Gasteiger partial charge in [0.15, 0.2) is 9.84 Å². The Morgan fingerprint density at radius 2 is 0.657 bits per heavy atom. The Balaban J connectivity index is 1.58. The van der Waals surface area contributed by atoms with Crippen LogP contribution in [0.1, 0.15) is 0 Å². The molecule has 0 saturated carbocycles. The van der Waals surface area contributed by atoms with Gasteiger partial charge in [0.1, 0.15) is 14.3 Å². The van der Waals surface area contributed by atoms with E-state index in [2.05, 4.69) is 0 Å². The summed E-state index contributed by atoms with van der Waals surface area (Å²) in [5, 5.41) is 2.56. The molecule has 4 nitrogen and oxygen atoms in total. The molecule has 0 aliphatic heterocycles. The fraction of sp³-hybridized carbons (Fsp3) is 0.143. The van der Waals surface area contributed by atoms with Crippen molar-refractivity contribution in [2.24, 2.45) is 0 Å². The quantitative estimate of drug-likeness (QED) is 0.289. The maximum Gasteiger partial charge on any atom is 0.151 e. The number of hydrogen-bond donors (Lipinski definition) is 0. The van der Waals surface area contributed by atoms with E-state index in [1.54, 1.807) is 48.5 Å². The van der Waals surface area contributed by atoms with Crippen LogP contribution in [0.25, 0.3) is 0 Å². The van der Waals surface area contributed by atoms with Crippen molar-refractivity contribution in [3.63, 3.8) is 0 Å². The average Bonchev–Trinajstić information content (AvgIpc) is 2.92. The van der Waals surface area contributed by atoms with Crippen LogP contribution in [0.4, 0.5) is 0 Å². The third-order valence-corrected chi connectivity index (χ3v) is 14.6. The molecule has 0 N–H and O–H groups in total. The van der Waals surface area contributed by atoms with E-state index < -0.39 is 24.1 Å². The molecule has 0 aliphatic carbocycles. The first-order chi connectivity index (χ1) is 16.8. The molecule has 0 spiro atoms. The van der Waals surface area contributed by atoms with Gasteiger partial charge in [-0.2, -0.15) is 0 Å². The van der Waals surface area contributed by atoms with Crippen LogP contribution >= 0.6 is 14.3 Å². The van der Waals surface area contributed by atoms with Crippen LogP contribution in [0, 0.1) is 0 Å². The van der Waals surface area contributed by atoms with Crippen molar-refractivity contribution in [1.82, 2.24) is 0 Å². The molecule has 0 bridgehead atoms. The first-order valence-electron chi connectivity index (χ1n) is 11.4. The zero-order valence-electron chi connectivity index (χ0n) is 19.3. The Morgan fingerprint density at radius 1 is 0.429 bits per heavy atom. The Morgan fingerprint density at radius 3 is 0.886 bits per heavy atom. The fourth-order valence-corrected chi connectivity index (χ4v) is 12.9. The minimum Gasteiger partial charge on any atom is -0.314 e. The molecule has 0 fully saturated rings. The molecule has 35 heavy (non-hydrogen) atoms. The minimum atomic E-state index is -3.62. The van der Waals surface area contributed by atoms with Crippen LogP contribution in [0.5, 0.6) is 0 Å². The van der Waals surface area contributed by atoms with Gasteiger partial charge in [-0.05, 0) is 0 Å². The summed E-state index contributed by atoms with van der Waals surface area (Å²) in [5.41, 5.74) is 0. The SMILES string of the molecule is O=P(CCS(=O)(=O)CCP(=O)(c1ccccc1)c1ccccc1)(c1ccccc1)c1ccccc1. The number of hydrogen-bond acceptors (Lipinski definition) is 4. The van der Waals surface area contributed by atoms with Crippen LogP contribution < -0.4 is 21.2 Å². The van der Waals surface area contributed by atoms with Crippen molar-refractivity contribution >= 4 is 45.3 Å². The summed E-state index contributed by atoms with van der Waals surface area (Å²) in [5.74, 6) is -0.477. The lowest BCUT2D eigenvalue weighted by Gasteiger charge is -2.21. The second-order valence-electron chi connectivity index (χ2n) is 8.42. The molecular weight excluding hydrogens is 494 g/mol. The van der Waals surface area contributed by atoms with E-state index in [1.807, 2.05) is 72.8 Å². The van der Waals surface area contributed by atoms with E-state index in [0.29, 0.717) is 21.2 Å². The second-order valence-corrected chi connectivity index (χ2v) is 16.6. The van der Waals surface area contributed by atoms with E-state index in [-0.39, 0.29) is 23.8 Å². The zero-order valence-corrected chi connectivity index (χ0v) is 21.9. The first kappa shape index (κ1) is 25.4. The molecule has 0 aromatic heterocycles. The summed E-state index contributed by atoms with van der Waals surface area (Å²) < 4.78 is 54.8. The predicted molar refractivity (Wildman–Crippen MR) is 148 cm³/mol. The largest absolute Gasteiger partial charge is 0.314 e. The minimum absolute atomic E-state index is 0.00430. The van der Waals surface area contributed by atoms with Gasteiger partial charge in [-0.3, -0.25) is 0 Å². The lowest BCUT2D eigenvalue weighted by Crippen LogP contribution is -2.26. The van der Waals surface area contributed by atoms with Crippen molar-refractivity contribution in [1.29, 1.82) is 0 Å². The van der Waals surface area contributed by atoms with Crippen molar-refractivity contribution in [2.45, 2.75) is 0 Å². The molecule has 4 rings (SSSR count). The molecule has 4 aromatic carbocycles. The van der Waals surface area contributed by atoms with Crippen LogP contribution in [-0.4, -0.2) is 32.2 Å². The first-order valence-corrected chi connectivity index (χ1v) is 17.1. The second kappa shape index (κ2) is 10.9.